The molecule has 1 unspecified atom stereocenters. The Morgan fingerprint density at radius 2 is 1.31 bits per heavy atom. The Morgan fingerprint density at radius 1 is 0.897 bits per heavy atom. The van der Waals surface area contributed by atoms with Crippen LogP contribution in [0.1, 0.15) is 55.3 Å². The number of halogens is 4. The number of ketones is 1. The highest BCUT2D eigenvalue weighted by atomic mass is 35.5. The average Bonchev–Trinajstić information content (AvgIpc) is 2.86. The first-order valence-electron chi connectivity index (χ1n) is 8.65. The fraction of sp³-hybridized carbons (Fsp3) is 0.474. The summed E-state index contributed by atoms with van der Waals surface area (Å²) < 4.78 is 5.12. The number of fused-ring (bicyclic) bond motifs is 1. The topological polar surface area (TPSA) is 80.8 Å². The Kier molecular flexibility index (Phi) is 6.95. The zero-order valence-corrected chi connectivity index (χ0v) is 19.4. The molecule has 1 aliphatic heterocycles. The van der Waals surface area contributed by atoms with Crippen LogP contribution in [-0.2, 0) is 14.3 Å². The lowest BCUT2D eigenvalue weighted by Crippen LogP contribution is -2.49. The molecule has 0 aromatic heterocycles. The quantitative estimate of drug-likeness (QED) is 0.253. The van der Waals surface area contributed by atoms with E-state index in [0.717, 1.165) is 4.90 Å². The first-order chi connectivity index (χ1) is 13.2. The summed E-state index contributed by atoms with van der Waals surface area (Å²) in [6, 6.07) is -1.29. The Labute approximate surface area is 188 Å². The van der Waals surface area contributed by atoms with Crippen LogP contribution < -0.4 is 0 Å². The molecule has 0 fully saturated rings. The van der Waals surface area contributed by atoms with E-state index in [1.165, 1.54) is 0 Å². The Bertz CT molecular complexity index is 873. The van der Waals surface area contributed by atoms with Crippen LogP contribution in [0.5, 0.6) is 0 Å². The molecule has 10 heteroatoms. The monoisotopic (exact) mass is 481 g/mol. The number of benzene rings is 1. The molecule has 1 aromatic rings. The molecule has 0 bridgehead atoms. The molecular weight excluding hydrogens is 464 g/mol. The van der Waals surface area contributed by atoms with E-state index in [-0.39, 0.29) is 37.0 Å². The van der Waals surface area contributed by atoms with Crippen molar-refractivity contribution in [2.45, 2.75) is 40.7 Å². The van der Waals surface area contributed by atoms with Gasteiger partial charge in [0.1, 0.15) is 6.04 Å². The maximum atomic E-state index is 13.0. The number of hydrogen-bond acceptors (Lipinski definition) is 5. The Balaban J connectivity index is 2.43. The van der Waals surface area contributed by atoms with E-state index in [1.807, 2.05) is 0 Å². The second-order valence-corrected chi connectivity index (χ2v) is 9.47. The minimum absolute atomic E-state index is 0.167. The first-order valence-corrected chi connectivity index (χ1v) is 10.2. The van der Waals surface area contributed by atoms with Crippen molar-refractivity contribution in [3.05, 3.63) is 31.2 Å². The summed E-state index contributed by atoms with van der Waals surface area (Å²) >= 11 is 24.2. The molecule has 0 saturated heterocycles. The van der Waals surface area contributed by atoms with Crippen LogP contribution in [0.3, 0.4) is 0 Å². The zero-order valence-electron chi connectivity index (χ0n) is 16.4. The first kappa shape index (κ1) is 23.9. The van der Waals surface area contributed by atoms with Crippen molar-refractivity contribution in [2.75, 3.05) is 6.61 Å². The molecule has 1 heterocycles. The maximum absolute atomic E-state index is 13.0. The second kappa shape index (κ2) is 8.42. The third kappa shape index (κ3) is 4.26. The number of esters is 1. The fourth-order valence-corrected chi connectivity index (χ4v) is 3.75. The molecular formula is C19H19Cl4NO5. The maximum Gasteiger partial charge on any atom is 0.330 e. The number of imide groups is 1. The Hall–Kier alpha value is -1.34. The van der Waals surface area contributed by atoms with Gasteiger partial charge in [-0.25, -0.2) is 4.79 Å². The summed E-state index contributed by atoms with van der Waals surface area (Å²) in [5, 5.41) is -0.787. The number of amides is 2. The number of rotatable bonds is 5. The highest BCUT2D eigenvalue weighted by Crippen LogP contribution is 2.45. The van der Waals surface area contributed by atoms with Crippen molar-refractivity contribution in [1.82, 2.24) is 4.90 Å². The molecule has 0 saturated carbocycles. The van der Waals surface area contributed by atoms with Gasteiger partial charge in [0.05, 0.1) is 31.2 Å². The second-order valence-electron chi connectivity index (χ2n) is 7.96. The molecule has 0 N–H and O–H groups in total. The summed E-state index contributed by atoms with van der Waals surface area (Å²) in [6.07, 6.45) is 0. The molecule has 2 amide bonds. The largest absolute Gasteiger partial charge is 0.456 e. The normalized spacial score (nSPS) is 15.0. The molecule has 1 aliphatic rings. The van der Waals surface area contributed by atoms with Gasteiger partial charge in [0.25, 0.3) is 11.8 Å². The van der Waals surface area contributed by atoms with Gasteiger partial charge in [-0.05, 0) is 5.92 Å². The third-order valence-corrected chi connectivity index (χ3v) is 6.27. The van der Waals surface area contributed by atoms with Gasteiger partial charge in [-0.1, -0.05) is 81.0 Å². The molecule has 6 nitrogen and oxygen atoms in total. The molecule has 29 heavy (non-hydrogen) atoms. The molecule has 158 valence electrons. The average molecular weight is 483 g/mol. The van der Waals surface area contributed by atoms with Crippen molar-refractivity contribution in [2.24, 2.45) is 11.3 Å². The van der Waals surface area contributed by atoms with Crippen molar-refractivity contribution < 1.29 is 23.9 Å². The summed E-state index contributed by atoms with van der Waals surface area (Å²) in [5.41, 5.74) is -1.15. The Morgan fingerprint density at radius 3 is 1.66 bits per heavy atom. The SMILES string of the molecule is CC(C)C(C(=O)OCC(=O)C(C)(C)C)N1C(=O)c2c(Cl)c(Cl)c(Cl)c(Cl)c2C1=O. The van der Waals surface area contributed by atoms with Gasteiger partial charge in [0, 0.05) is 5.41 Å². The van der Waals surface area contributed by atoms with Gasteiger partial charge < -0.3 is 4.74 Å². The highest BCUT2D eigenvalue weighted by Gasteiger charge is 2.48. The lowest BCUT2D eigenvalue weighted by Gasteiger charge is -2.28. The van der Waals surface area contributed by atoms with Gasteiger partial charge in [0.2, 0.25) is 0 Å². The van der Waals surface area contributed by atoms with Crippen molar-refractivity contribution in [3.63, 3.8) is 0 Å². The van der Waals surface area contributed by atoms with Crippen molar-refractivity contribution in [3.8, 4) is 0 Å². The molecule has 1 aromatic carbocycles. The smallest absolute Gasteiger partial charge is 0.330 e. The van der Waals surface area contributed by atoms with E-state index in [1.54, 1.807) is 34.6 Å². The fourth-order valence-electron chi connectivity index (χ4n) is 2.73. The molecule has 0 spiro atoms. The molecule has 1 atom stereocenters. The van der Waals surface area contributed by atoms with Gasteiger partial charge in [-0.15, -0.1) is 0 Å². The number of carbonyl (C=O) groups excluding carboxylic acids is 4. The van der Waals surface area contributed by atoms with Crippen LogP contribution in [0.25, 0.3) is 0 Å². The van der Waals surface area contributed by atoms with E-state index in [9.17, 15) is 19.2 Å². The van der Waals surface area contributed by atoms with Crippen LogP contribution in [0.15, 0.2) is 0 Å². The highest BCUT2D eigenvalue weighted by molar-refractivity contribution is 6.55. The number of Topliss-reactive ketones (excluding diaryl/α,β-unsaturated/α-hetero) is 1. The number of nitrogens with zero attached hydrogens (tertiary/aromatic N) is 1. The van der Waals surface area contributed by atoms with Crippen LogP contribution in [-0.4, -0.2) is 41.1 Å². The van der Waals surface area contributed by atoms with Gasteiger partial charge in [0.15, 0.2) is 12.4 Å². The number of hydrogen-bond donors (Lipinski definition) is 0. The van der Waals surface area contributed by atoms with Crippen molar-refractivity contribution in [1.29, 1.82) is 0 Å². The summed E-state index contributed by atoms with van der Waals surface area (Å²) in [5.74, 6) is -3.39. The molecule has 0 aliphatic carbocycles. The van der Waals surface area contributed by atoms with Crippen molar-refractivity contribution >= 4 is 70.0 Å². The van der Waals surface area contributed by atoms with Crippen LogP contribution >= 0.6 is 46.4 Å². The number of ether oxygens (including phenoxy) is 1. The minimum Gasteiger partial charge on any atom is -0.456 e. The zero-order chi connectivity index (χ0) is 22.4. The standard InChI is InChI=1S/C19H19Cl4NO5/c1-7(2)15(18(28)29-6-8(25)19(3,4)5)24-16(26)9-10(17(24)27)12(21)14(23)13(22)11(9)20/h7,15H,6H2,1-5H3. The molecule has 2 rings (SSSR count). The lowest BCUT2D eigenvalue weighted by molar-refractivity contribution is -0.154. The summed E-state index contributed by atoms with van der Waals surface area (Å²) in [6.45, 7) is 7.84. The van der Waals surface area contributed by atoms with E-state index in [2.05, 4.69) is 0 Å². The predicted molar refractivity (Wildman–Crippen MR) is 111 cm³/mol. The van der Waals surface area contributed by atoms with Crippen LogP contribution in [0, 0.1) is 11.3 Å². The van der Waals surface area contributed by atoms with E-state index >= 15 is 0 Å². The van der Waals surface area contributed by atoms with Crippen LogP contribution in [0.4, 0.5) is 0 Å². The van der Waals surface area contributed by atoms with Gasteiger partial charge in [-0.3, -0.25) is 19.3 Å². The minimum atomic E-state index is -1.29. The predicted octanol–water partition coefficient (Wildman–Crippen LogP) is 5.08. The molecule has 0 radical (unpaired) electrons. The lowest BCUT2D eigenvalue weighted by atomic mass is 9.91. The van der Waals surface area contributed by atoms with Crippen LogP contribution in [0.2, 0.25) is 20.1 Å². The van der Waals surface area contributed by atoms with Gasteiger partial charge >= 0.3 is 5.97 Å². The summed E-state index contributed by atoms with van der Waals surface area (Å²) in [7, 11) is 0. The van der Waals surface area contributed by atoms with E-state index < -0.39 is 41.8 Å². The van der Waals surface area contributed by atoms with E-state index in [0.29, 0.717) is 0 Å². The van der Waals surface area contributed by atoms with E-state index in [4.69, 9.17) is 51.1 Å². The van der Waals surface area contributed by atoms with Gasteiger partial charge in [-0.2, -0.15) is 0 Å². The summed E-state index contributed by atoms with van der Waals surface area (Å²) in [4.78, 5) is 51.5. The third-order valence-electron chi connectivity index (χ3n) is 4.47. The number of carbonyl (C=O) groups is 4.